The molecule has 1 amide bonds. The van der Waals surface area contributed by atoms with Gasteiger partial charge in [-0.05, 0) is 51.8 Å². The molecule has 3 N–H and O–H groups in total. The van der Waals surface area contributed by atoms with Crippen LogP contribution in [0.1, 0.15) is 36.4 Å². The number of amides is 1. The van der Waals surface area contributed by atoms with Gasteiger partial charge in [-0.3, -0.25) is 9.69 Å². The first-order valence-electron chi connectivity index (χ1n) is 8.03. The molecule has 0 aliphatic carbocycles. The van der Waals surface area contributed by atoms with Gasteiger partial charge >= 0.3 is 0 Å². The van der Waals surface area contributed by atoms with Crippen molar-refractivity contribution in [3.8, 4) is 0 Å². The Morgan fingerprint density at radius 2 is 2.12 bits per heavy atom. The standard InChI is InChI=1S/C16H21N5OS.ClH/c1-16(2)12(9-3-5-21(16)6-4-9)19-13(22)11-7-10-8-18-15(17)20-14(10)23-11;/h7-9,12H,3-6H2,1-2H3,(H,19,22)(H2,17,18,20);1H. The van der Waals surface area contributed by atoms with Crippen molar-refractivity contribution in [1.82, 2.24) is 20.2 Å². The van der Waals surface area contributed by atoms with E-state index in [1.54, 1.807) is 6.20 Å². The van der Waals surface area contributed by atoms with E-state index in [4.69, 9.17) is 5.73 Å². The van der Waals surface area contributed by atoms with Gasteiger partial charge in [-0.15, -0.1) is 23.7 Å². The van der Waals surface area contributed by atoms with Gasteiger partial charge in [-0.25, -0.2) is 9.97 Å². The van der Waals surface area contributed by atoms with E-state index in [9.17, 15) is 4.79 Å². The molecule has 0 spiro atoms. The number of thiophene rings is 1. The van der Waals surface area contributed by atoms with Crippen molar-refractivity contribution in [2.24, 2.45) is 5.92 Å². The van der Waals surface area contributed by atoms with E-state index in [2.05, 4.69) is 34.0 Å². The van der Waals surface area contributed by atoms with Gasteiger partial charge in [0.05, 0.1) is 4.88 Å². The van der Waals surface area contributed by atoms with Crippen LogP contribution in [0.3, 0.4) is 0 Å². The van der Waals surface area contributed by atoms with Crippen LogP contribution in [0.5, 0.6) is 0 Å². The smallest absolute Gasteiger partial charge is 0.261 e. The summed E-state index contributed by atoms with van der Waals surface area (Å²) in [5.74, 6) is 0.798. The van der Waals surface area contributed by atoms with Crippen LogP contribution in [0.2, 0.25) is 0 Å². The highest BCUT2D eigenvalue weighted by molar-refractivity contribution is 7.20. The summed E-state index contributed by atoms with van der Waals surface area (Å²) in [7, 11) is 0. The fourth-order valence-electron chi connectivity index (χ4n) is 4.05. The molecule has 5 rings (SSSR count). The van der Waals surface area contributed by atoms with Crippen molar-refractivity contribution in [2.45, 2.75) is 38.3 Å². The minimum atomic E-state index is -0.0154. The maximum absolute atomic E-state index is 12.7. The summed E-state index contributed by atoms with van der Waals surface area (Å²) in [6, 6.07) is 2.04. The number of hydrogen-bond acceptors (Lipinski definition) is 6. The Morgan fingerprint density at radius 1 is 1.42 bits per heavy atom. The maximum Gasteiger partial charge on any atom is 0.261 e. The molecule has 8 heteroatoms. The van der Waals surface area contributed by atoms with Crippen LogP contribution in [0.25, 0.3) is 10.2 Å². The molecule has 1 atom stereocenters. The van der Waals surface area contributed by atoms with Gasteiger partial charge in [0.15, 0.2) is 0 Å². The highest BCUT2D eigenvalue weighted by atomic mass is 35.5. The monoisotopic (exact) mass is 367 g/mol. The number of halogens is 1. The average molecular weight is 368 g/mol. The lowest BCUT2D eigenvalue weighted by molar-refractivity contribution is -0.0377. The molecule has 3 saturated heterocycles. The Kier molecular flexibility index (Phi) is 4.44. The van der Waals surface area contributed by atoms with Crippen molar-refractivity contribution in [3.63, 3.8) is 0 Å². The third-order valence-corrected chi connectivity index (χ3v) is 6.43. The summed E-state index contributed by atoms with van der Waals surface area (Å²) in [6.45, 7) is 6.75. The molecule has 0 aromatic carbocycles. The minimum absolute atomic E-state index is 0. The van der Waals surface area contributed by atoms with Crippen molar-refractivity contribution in [3.05, 3.63) is 17.1 Å². The number of anilines is 1. The molecule has 1 unspecified atom stereocenters. The second kappa shape index (κ2) is 6.13. The lowest BCUT2D eigenvalue weighted by atomic mass is 9.72. The summed E-state index contributed by atoms with van der Waals surface area (Å²) in [4.78, 5) is 24.8. The van der Waals surface area contributed by atoms with E-state index in [-0.39, 0.29) is 35.8 Å². The molecule has 3 aliphatic rings. The molecule has 6 nitrogen and oxygen atoms in total. The highest BCUT2D eigenvalue weighted by Crippen LogP contribution is 2.39. The molecule has 130 valence electrons. The number of carbonyl (C=O) groups is 1. The number of nitrogens with one attached hydrogen (secondary N) is 1. The van der Waals surface area contributed by atoms with Crippen molar-refractivity contribution in [2.75, 3.05) is 18.8 Å². The molecule has 2 aromatic heterocycles. The number of aromatic nitrogens is 2. The largest absolute Gasteiger partial charge is 0.368 e. The summed E-state index contributed by atoms with van der Waals surface area (Å²) in [5.41, 5.74) is 5.63. The third-order valence-electron chi connectivity index (χ3n) is 5.39. The number of carbonyl (C=O) groups excluding carboxylic acids is 1. The molecule has 2 bridgehead atoms. The van der Waals surface area contributed by atoms with Crippen LogP contribution < -0.4 is 11.1 Å². The highest BCUT2D eigenvalue weighted by Gasteiger charge is 2.48. The van der Waals surface area contributed by atoms with Crippen molar-refractivity contribution < 1.29 is 4.79 Å². The lowest BCUT2D eigenvalue weighted by Gasteiger charge is -2.56. The van der Waals surface area contributed by atoms with Crippen LogP contribution in [0.4, 0.5) is 5.95 Å². The third kappa shape index (κ3) is 2.74. The van der Waals surface area contributed by atoms with Gasteiger partial charge in [0.25, 0.3) is 5.91 Å². The second-order valence-corrected chi connectivity index (χ2v) is 8.06. The van der Waals surface area contributed by atoms with Crippen molar-refractivity contribution >= 4 is 45.8 Å². The Hall–Kier alpha value is -1.44. The zero-order valence-electron chi connectivity index (χ0n) is 13.8. The van der Waals surface area contributed by atoms with Crippen LogP contribution in [0, 0.1) is 5.92 Å². The predicted octanol–water partition coefficient (Wildman–Crippen LogP) is 2.30. The molecule has 3 aliphatic heterocycles. The molecule has 5 heterocycles. The maximum atomic E-state index is 12.7. The Morgan fingerprint density at radius 3 is 2.79 bits per heavy atom. The Balaban J connectivity index is 0.00000169. The van der Waals surface area contributed by atoms with Crippen molar-refractivity contribution in [1.29, 1.82) is 0 Å². The zero-order valence-corrected chi connectivity index (χ0v) is 15.4. The first kappa shape index (κ1) is 17.4. The fraction of sp³-hybridized carbons (Fsp3) is 0.562. The number of fused-ring (bicyclic) bond motifs is 4. The van der Waals surface area contributed by atoms with Crippen LogP contribution in [0.15, 0.2) is 12.3 Å². The molecule has 3 fully saturated rings. The van der Waals surface area contributed by atoms with Gasteiger partial charge in [0, 0.05) is 23.2 Å². The summed E-state index contributed by atoms with van der Waals surface area (Å²) in [5, 5.41) is 4.15. The van der Waals surface area contributed by atoms with E-state index in [1.165, 1.54) is 24.2 Å². The van der Waals surface area contributed by atoms with E-state index in [1.807, 2.05) is 6.07 Å². The van der Waals surface area contributed by atoms with E-state index >= 15 is 0 Å². The van der Waals surface area contributed by atoms with Gasteiger partial charge < -0.3 is 11.1 Å². The van der Waals surface area contributed by atoms with Gasteiger partial charge in [-0.1, -0.05) is 0 Å². The van der Waals surface area contributed by atoms with Gasteiger partial charge in [0.1, 0.15) is 4.83 Å². The van der Waals surface area contributed by atoms with E-state index in [0.29, 0.717) is 10.8 Å². The molecule has 0 saturated carbocycles. The number of hydrogen-bond donors (Lipinski definition) is 2. The number of rotatable bonds is 2. The quantitative estimate of drug-likeness (QED) is 0.850. The molecule has 24 heavy (non-hydrogen) atoms. The zero-order chi connectivity index (χ0) is 16.2. The number of piperidine rings is 3. The first-order chi connectivity index (χ1) is 10.9. The van der Waals surface area contributed by atoms with E-state index in [0.717, 1.165) is 23.3 Å². The summed E-state index contributed by atoms with van der Waals surface area (Å²) < 4.78 is 0. The first-order valence-corrected chi connectivity index (χ1v) is 8.85. The summed E-state index contributed by atoms with van der Waals surface area (Å²) >= 11 is 1.37. The number of nitrogen functional groups attached to an aromatic ring is 1. The normalized spacial score (nSPS) is 27.7. The van der Waals surface area contributed by atoms with Gasteiger partial charge in [-0.2, -0.15) is 0 Å². The van der Waals surface area contributed by atoms with Gasteiger partial charge in [0.2, 0.25) is 5.95 Å². The molecular formula is C16H22ClN5OS. The SMILES string of the molecule is CC1(C)C(NC(=O)c2cc3cnc(N)nc3s2)C2CCN1CC2.Cl. The summed E-state index contributed by atoms with van der Waals surface area (Å²) in [6.07, 6.45) is 4.01. The number of nitrogens with two attached hydrogens (primary N) is 1. The Labute approximate surface area is 151 Å². The minimum Gasteiger partial charge on any atom is -0.368 e. The van der Waals surface area contributed by atoms with Crippen LogP contribution in [-0.2, 0) is 0 Å². The predicted molar refractivity (Wildman–Crippen MR) is 98.7 cm³/mol. The topological polar surface area (TPSA) is 84.1 Å². The average Bonchev–Trinajstić information content (AvgIpc) is 2.94. The van der Waals surface area contributed by atoms with Crippen LogP contribution >= 0.6 is 23.7 Å². The lowest BCUT2D eigenvalue weighted by Crippen LogP contribution is -2.69. The van der Waals surface area contributed by atoms with E-state index < -0.39 is 0 Å². The molecular weight excluding hydrogens is 346 g/mol. The molecule has 2 aromatic rings. The Bertz CT molecular complexity index is 769. The number of nitrogens with zero attached hydrogens (tertiary/aromatic N) is 3. The fourth-order valence-corrected chi connectivity index (χ4v) is 4.96. The van der Waals surface area contributed by atoms with Crippen LogP contribution in [-0.4, -0.2) is 45.4 Å². The second-order valence-electron chi connectivity index (χ2n) is 7.03. The molecule has 0 radical (unpaired) electrons.